The maximum absolute atomic E-state index is 12.2. The Bertz CT molecular complexity index is 971. The molecule has 0 aliphatic carbocycles. The number of thiazole rings is 1. The third-order valence-electron chi connectivity index (χ3n) is 3.82. The van der Waals surface area contributed by atoms with Gasteiger partial charge in [-0.05, 0) is 61.4 Å². The second-order valence-electron chi connectivity index (χ2n) is 5.60. The van der Waals surface area contributed by atoms with Crippen LogP contribution in [0, 0.1) is 13.8 Å². The summed E-state index contributed by atoms with van der Waals surface area (Å²) in [5, 5.41) is 0.693. The molecule has 0 fully saturated rings. The maximum Gasteiger partial charge on any atom is 0.258 e. The standard InChI is InChI=1S/C18H17ClN2OS2/c1-11-8-15-16(9-12(11)2)24-18(21(15)3)20-17(22)10-23-14-6-4-13(19)5-7-14/h4-9H,10H2,1-3H3. The van der Waals surface area contributed by atoms with E-state index in [0.717, 1.165) is 19.9 Å². The molecule has 3 rings (SSSR count). The molecule has 0 spiro atoms. The first-order chi connectivity index (χ1) is 11.4. The van der Waals surface area contributed by atoms with Gasteiger partial charge in [0.1, 0.15) is 0 Å². The van der Waals surface area contributed by atoms with Crippen molar-refractivity contribution in [3.8, 4) is 0 Å². The number of carbonyl (C=O) groups excluding carboxylic acids is 1. The maximum atomic E-state index is 12.2. The van der Waals surface area contributed by atoms with Gasteiger partial charge in [-0.2, -0.15) is 4.99 Å². The first-order valence-corrected chi connectivity index (χ1v) is 9.65. The van der Waals surface area contributed by atoms with Crippen molar-refractivity contribution in [3.05, 3.63) is 57.3 Å². The monoisotopic (exact) mass is 376 g/mol. The summed E-state index contributed by atoms with van der Waals surface area (Å²) in [4.78, 5) is 18.2. The fourth-order valence-corrected chi connectivity index (χ4v) is 4.23. The number of hydrogen-bond donors (Lipinski definition) is 0. The molecule has 0 aliphatic heterocycles. The molecule has 124 valence electrons. The zero-order valence-electron chi connectivity index (χ0n) is 13.7. The summed E-state index contributed by atoms with van der Waals surface area (Å²) in [5.74, 6) is 0.180. The van der Waals surface area contributed by atoms with Crippen LogP contribution in [0.3, 0.4) is 0 Å². The third kappa shape index (κ3) is 3.74. The van der Waals surface area contributed by atoms with Gasteiger partial charge in [0, 0.05) is 17.0 Å². The van der Waals surface area contributed by atoms with E-state index in [1.54, 1.807) is 11.3 Å². The predicted octanol–water partition coefficient (Wildman–Crippen LogP) is 4.73. The number of nitrogens with zero attached hydrogens (tertiary/aromatic N) is 2. The normalized spacial score (nSPS) is 12.1. The molecular formula is C18H17ClN2OS2. The molecule has 0 bridgehead atoms. The lowest BCUT2D eigenvalue weighted by Gasteiger charge is -2.01. The number of thioether (sulfide) groups is 1. The van der Waals surface area contributed by atoms with Gasteiger partial charge in [0.15, 0.2) is 4.80 Å². The van der Waals surface area contributed by atoms with Crippen LogP contribution in [0.5, 0.6) is 0 Å². The minimum absolute atomic E-state index is 0.134. The Morgan fingerprint density at radius 3 is 2.58 bits per heavy atom. The van der Waals surface area contributed by atoms with Crippen LogP contribution in [0.1, 0.15) is 11.1 Å². The van der Waals surface area contributed by atoms with Gasteiger partial charge in [0.05, 0.1) is 16.0 Å². The van der Waals surface area contributed by atoms with Crippen LogP contribution in [0.25, 0.3) is 10.2 Å². The highest BCUT2D eigenvalue weighted by Gasteiger charge is 2.07. The second-order valence-corrected chi connectivity index (χ2v) is 8.09. The van der Waals surface area contributed by atoms with Gasteiger partial charge < -0.3 is 4.57 Å². The first-order valence-electron chi connectivity index (χ1n) is 7.47. The molecule has 0 saturated carbocycles. The van der Waals surface area contributed by atoms with Crippen molar-refractivity contribution >= 4 is 50.8 Å². The summed E-state index contributed by atoms with van der Waals surface area (Å²) in [6.07, 6.45) is 0. The number of fused-ring (bicyclic) bond motifs is 1. The van der Waals surface area contributed by atoms with E-state index < -0.39 is 0 Å². The average molecular weight is 377 g/mol. The zero-order chi connectivity index (χ0) is 17.3. The molecule has 6 heteroatoms. The van der Waals surface area contributed by atoms with Crippen molar-refractivity contribution in [3.63, 3.8) is 0 Å². The van der Waals surface area contributed by atoms with E-state index in [9.17, 15) is 4.79 Å². The molecular weight excluding hydrogens is 360 g/mol. The van der Waals surface area contributed by atoms with Gasteiger partial charge in [0.2, 0.25) is 0 Å². The molecule has 0 saturated heterocycles. The topological polar surface area (TPSA) is 34.4 Å². The highest BCUT2D eigenvalue weighted by Crippen LogP contribution is 2.22. The van der Waals surface area contributed by atoms with Gasteiger partial charge in [-0.1, -0.05) is 22.9 Å². The highest BCUT2D eigenvalue weighted by molar-refractivity contribution is 8.00. The molecule has 1 heterocycles. The first kappa shape index (κ1) is 17.3. The van der Waals surface area contributed by atoms with Gasteiger partial charge in [-0.3, -0.25) is 4.79 Å². The SMILES string of the molecule is Cc1cc2sc(=NC(=O)CSc3ccc(Cl)cc3)n(C)c2cc1C. The number of benzene rings is 2. The Hall–Kier alpha value is -1.56. The van der Waals surface area contributed by atoms with Crippen LogP contribution in [0.4, 0.5) is 0 Å². The molecule has 3 aromatic rings. The predicted molar refractivity (Wildman–Crippen MR) is 103 cm³/mol. The Kier molecular flexibility index (Phi) is 5.13. The van der Waals surface area contributed by atoms with Crippen LogP contribution in [-0.2, 0) is 11.8 Å². The fraction of sp³-hybridized carbons (Fsp3) is 0.222. The van der Waals surface area contributed by atoms with Crippen molar-refractivity contribution in [2.45, 2.75) is 18.7 Å². The van der Waals surface area contributed by atoms with E-state index in [2.05, 4.69) is 31.0 Å². The molecule has 2 aromatic carbocycles. The van der Waals surface area contributed by atoms with Crippen molar-refractivity contribution in [1.29, 1.82) is 0 Å². The van der Waals surface area contributed by atoms with E-state index in [1.807, 2.05) is 35.9 Å². The largest absolute Gasteiger partial charge is 0.319 e. The van der Waals surface area contributed by atoms with Gasteiger partial charge in [-0.15, -0.1) is 11.8 Å². The second kappa shape index (κ2) is 7.13. The molecule has 1 aromatic heterocycles. The van der Waals surface area contributed by atoms with E-state index in [4.69, 9.17) is 11.6 Å². The summed E-state index contributed by atoms with van der Waals surface area (Å²) in [7, 11) is 1.95. The van der Waals surface area contributed by atoms with Crippen molar-refractivity contribution in [2.75, 3.05) is 5.75 Å². The average Bonchev–Trinajstić information content (AvgIpc) is 2.83. The van der Waals surface area contributed by atoms with E-state index >= 15 is 0 Å². The van der Waals surface area contributed by atoms with Crippen molar-refractivity contribution < 1.29 is 4.79 Å². The van der Waals surface area contributed by atoms with Gasteiger partial charge >= 0.3 is 0 Å². The van der Waals surface area contributed by atoms with E-state index in [0.29, 0.717) is 10.8 Å². The summed E-state index contributed by atoms with van der Waals surface area (Å²) in [6.45, 7) is 4.19. The minimum Gasteiger partial charge on any atom is -0.319 e. The van der Waals surface area contributed by atoms with Crippen LogP contribution >= 0.6 is 34.7 Å². The quantitative estimate of drug-likeness (QED) is 0.619. The molecule has 0 radical (unpaired) electrons. The Balaban J connectivity index is 1.82. The molecule has 24 heavy (non-hydrogen) atoms. The summed E-state index contributed by atoms with van der Waals surface area (Å²) in [5.41, 5.74) is 3.60. The Labute approximate surface area is 154 Å². The van der Waals surface area contributed by atoms with Crippen molar-refractivity contribution in [1.82, 2.24) is 4.57 Å². The number of halogens is 1. The number of rotatable bonds is 3. The van der Waals surface area contributed by atoms with Gasteiger partial charge in [0.25, 0.3) is 5.91 Å². The van der Waals surface area contributed by atoms with Crippen LogP contribution in [-0.4, -0.2) is 16.2 Å². The molecule has 0 aliphatic rings. The highest BCUT2D eigenvalue weighted by atomic mass is 35.5. The Morgan fingerprint density at radius 2 is 1.88 bits per heavy atom. The summed E-state index contributed by atoms with van der Waals surface area (Å²) >= 11 is 8.88. The molecule has 0 atom stereocenters. The third-order valence-corrected chi connectivity index (χ3v) is 6.16. The number of aromatic nitrogens is 1. The molecule has 0 unspecified atom stereocenters. The van der Waals surface area contributed by atoms with Crippen LogP contribution in [0.15, 0.2) is 46.3 Å². The van der Waals surface area contributed by atoms with Gasteiger partial charge in [-0.25, -0.2) is 0 Å². The summed E-state index contributed by atoms with van der Waals surface area (Å²) in [6, 6.07) is 11.8. The van der Waals surface area contributed by atoms with E-state index in [1.165, 1.54) is 22.9 Å². The smallest absolute Gasteiger partial charge is 0.258 e. The lowest BCUT2D eigenvalue weighted by molar-refractivity contribution is -0.115. The zero-order valence-corrected chi connectivity index (χ0v) is 16.1. The molecule has 1 amide bonds. The molecule has 0 N–H and O–H groups in total. The number of aryl methyl sites for hydroxylation is 3. The number of amides is 1. The number of carbonyl (C=O) groups is 1. The summed E-state index contributed by atoms with van der Waals surface area (Å²) < 4.78 is 3.13. The van der Waals surface area contributed by atoms with Crippen molar-refractivity contribution in [2.24, 2.45) is 12.0 Å². The Morgan fingerprint density at radius 1 is 1.21 bits per heavy atom. The minimum atomic E-state index is -0.134. The lowest BCUT2D eigenvalue weighted by atomic mass is 10.1. The van der Waals surface area contributed by atoms with Crippen LogP contribution < -0.4 is 4.80 Å². The number of hydrogen-bond acceptors (Lipinski definition) is 3. The van der Waals surface area contributed by atoms with E-state index in [-0.39, 0.29) is 5.91 Å². The lowest BCUT2D eigenvalue weighted by Crippen LogP contribution is -2.14. The molecule has 3 nitrogen and oxygen atoms in total. The van der Waals surface area contributed by atoms with Crippen LogP contribution in [0.2, 0.25) is 5.02 Å². The fourth-order valence-electron chi connectivity index (χ4n) is 2.30.